The summed E-state index contributed by atoms with van der Waals surface area (Å²) in [5, 5.41) is 2.73. The van der Waals surface area contributed by atoms with E-state index in [0.29, 0.717) is 30.2 Å². The number of ether oxygens (including phenoxy) is 2. The molecule has 1 aliphatic heterocycles. The molecule has 0 aliphatic carbocycles. The van der Waals surface area contributed by atoms with Crippen molar-refractivity contribution in [3.05, 3.63) is 48.5 Å². The number of rotatable bonds is 6. The summed E-state index contributed by atoms with van der Waals surface area (Å²) < 4.78 is 37.8. The molecule has 2 N–H and O–H groups in total. The highest BCUT2D eigenvalue weighted by molar-refractivity contribution is 7.92. The highest BCUT2D eigenvalue weighted by Gasteiger charge is 2.23. The first kappa shape index (κ1) is 18.2. The van der Waals surface area contributed by atoms with Crippen LogP contribution in [0.2, 0.25) is 0 Å². The Hall–Kier alpha value is -2.58. The molecule has 0 saturated carbocycles. The Labute approximate surface area is 152 Å². The van der Waals surface area contributed by atoms with Crippen molar-refractivity contribution in [2.45, 2.75) is 23.8 Å². The van der Waals surface area contributed by atoms with Crippen LogP contribution < -0.4 is 14.8 Å². The van der Waals surface area contributed by atoms with Gasteiger partial charge >= 0.3 is 0 Å². The van der Waals surface area contributed by atoms with Crippen molar-refractivity contribution in [3.8, 4) is 5.75 Å². The highest BCUT2D eigenvalue weighted by atomic mass is 32.2. The minimum absolute atomic E-state index is 0.100. The van der Waals surface area contributed by atoms with Gasteiger partial charge in [-0.2, -0.15) is 0 Å². The fraction of sp³-hybridized carbons (Fsp3) is 0.278. The number of nitrogens with one attached hydrogen (secondary N) is 2. The topological polar surface area (TPSA) is 93.7 Å². The van der Waals surface area contributed by atoms with E-state index in [2.05, 4.69) is 10.0 Å². The standard InChI is InChI=1S/C18H20N2O5S/c1-24-15-8-4-14(5-9-15)20-26(22,23)16-10-6-13(7-11-16)19-18(21)17-3-2-12-25-17/h4-11,17,20H,2-3,12H2,1H3,(H,19,21)/t17-/m0/s1. The summed E-state index contributed by atoms with van der Waals surface area (Å²) in [7, 11) is -2.18. The van der Waals surface area contributed by atoms with E-state index in [1.165, 1.54) is 12.1 Å². The fourth-order valence-electron chi connectivity index (χ4n) is 2.60. The lowest BCUT2D eigenvalue weighted by molar-refractivity contribution is -0.124. The van der Waals surface area contributed by atoms with Crippen LogP contribution in [0.15, 0.2) is 53.4 Å². The lowest BCUT2D eigenvalue weighted by atomic mass is 10.2. The van der Waals surface area contributed by atoms with E-state index < -0.39 is 16.1 Å². The summed E-state index contributed by atoms with van der Waals surface area (Å²) in [6, 6.07) is 12.6. The van der Waals surface area contributed by atoms with Gasteiger partial charge in [0.05, 0.1) is 12.0 Å². The minimum Gasteiger partial charge on any atom is -0.497 e. The maximum Gasteiger partial charge on any atom is 0.261 e. The molecular formula is C18H20N2O5S. The SMILES string of the molecule is COc1ccc(NS(=O)(=O)c2ccc(NC(=O)[C@@H]3CCCO3)cc2)cc1. The van der Waals surface area contributed by atoms with Crippen molar-refractivity contribution < 1.29 is 22.7 Å². The van der Waals surface area contributed by atoms with Crippen LogP contribution in [0.3, 0.4) is 0 Å². The van der Waals surface area contributed by atoms with Gasteiger partial charge in [-0.05, 0) is 61.4 Å². The maximum absolute atomic E-state index is 12.4. The zero-order valence-electron chi connectivity index (χ0n) is 14.3. The van der Waals surface area contributed by atoms with E-state index >= 15 is 0 Å². The van der Waals surface area contributed by atoms with E-state index in [9.17, 15) is 13.2 Å². The average Bonchev–Trinajstić information content (AvgIpc) is 3.17. The first-order chi connectivity index (χ1) is 12.5. The van der Waals surface area contributed by atoms with Crippen LogP contribution in [-0.2, 0) is 19.6 Å². The molecule has 0 radical (unpaired) electrons. The number of benzene rings is 2. The zero-order chi connectivity index (χ0) is 18.6. The van der Waals surface area contributed by atoms with Gasteiger partial charge in [0.15, 0.2) is 0 Å². The van der Waals surface area contributed by atoms with Crippen LogP contribution in [-0.4, -0.2) is 34.1 Å². The van der Waals surface area contributed by atoms with Crippen LogP contribution in [0.4, 0.5) is 11.4 Å². The van der Waals surface area contributed by atoms with Crippen molar-refractivity contribution in [2.24, 2.45) is 0 Å². The molecule has 138 valence electrons. The van der Waals surface area contributed by atoms with Crippen LogP contribution in [0, 0.1) is 0 Å². The second-order valence-corrected chi connectivity index (χ2v) is 7.53. The molecule has 1 heterocycles. The lowest BCUT2D eigenvalue weighted by Gasteiger charge is -2.12. The third-order valence-corrected chi connectivity index (χ3v) is 5.39. The molecule has 0 unspecified atom stereocenters. The monoisotopic (exact) mass is 376 g/mol. The normalized spacial score (nSPS) is 16.9. The van der Waals surface area contributed by atoms with E-state index in [4.69, 9.17) is 9.47 Å². The molecule has 0 aromatic heterocycles. The Morgan fingerprint density at radius 1 is 1.08 bits per heavy atom. The summed E-state index contributed by atoms with van der Waals surface area (Å²) in [6.45, 7) is 0.590. The molecule has 1 aliphatic rings. The molecule has 7 nitrogen and oxygen atoms in total. The van der Waals surface area contributed by atoms with Crippen molar-refractivity contribution in [2.75, 3.05) is 23.8 Å². The molecule has 0 spiro atoms. The van der Waals surface area contributed by atoms with Crippen LogP contribution in [0.25, 0.3) is 0 Å². The third-order valence-electron chi connectivity index (χ3n) is 4.00. The first-order valence-corrected chi connectivity index (χ1v) is 9.66. The van der Waals surface area contributed by atoms with Crippen molar-refractivity contribution in [1.82, 2.24) is 0 Å². The van der Waals surface area contributed by atoms with Crippen molar-refractivity contribution in [1.29, 1.82) is 0 Å². The molecule has 1 saturated heterocycles. The predicted octanol–water partition coefficient (Wildman–Crippen LogP) is 2.61. The third kappa shape index (κ3) is 4.33. The van der Waals surface area contributed by atoms with Gasteiger partial charge in [-0.1, -0.05) is 0 Å². The number of anilines is 2. The molecule has 1 atom stereocenters. The highest BCUT2D eigenvalue weighted by Crippen LogP contribution is 2.21. The number of carbonyl (C=O) groups is 1. The van der Waals surface area contributed by atoms with Gasteiger partial charge in [-0.3, -0.25) is 9.52 Å². The largest absolute Gasteiger partial charge is 0.497 e. The molecule has 2 aromatic carbocycles. The van der Waals surface area contributed by atoms with Gasteiger partial charge in [0.25, 0.3) is 15.9 Å². The Bertz CT molecular complexity index is 857. The zero-order valence-corrected chi connectivity index (χ0v) is 15.1. The Morgan fingerprint density at radius 2 is 1.73 bits per heavy atom. The fourth-order valence-corrected chi connectivity index (χ4v) is 3.66. The van der Waals surface area contributed by atoms with Crippen LogP contribution in [0.5, 0.6) is 5.75 Å². The molecule has 2 aromatic rings. The quantitative estimate of drug-likeness (QED) is 0.808. The first-order valence-electron chi connectivity index (χ1n) is 8.17. The molecule has 26 heavy (non-hydrogen) atoms. The number of amides is 1. The van der Waals surface area contributed by atoms with Gasteiger partial charge in [0.2, 0.25) is 0 Å². The maximum atomic E-state index is 12.4. The van der Waals surface area contributed by atoms with E-state index in [0.717, 1.165) is 6.42 Å². The van der Waals surface area contributed by atoms with E-state index in [1.54, 1.807) is 43.5 Å². The second-order valence-electron chi connectivity index (χ2n) is 5.85. The average molecular weight is 376 g/mol. The molecule has 8 heteroatoms. The smallest absolute Gasteiger partial charge is 0.261 e. The van der Waals surface area contributed by atoms with Crippen molar-refractivity contribution in [3.63, 3.8) is 0 Å². The molecule has 0 bridgehead atoms. The van der Waals surface area contributed by atoms with Gasteiger partial charge in [0.1, 0.15) is 11.9 Å². The summed E-state index contributed by atoms with van der Waals surface area (Å²) in [4.78, 5) is 12.1. The number of hydrogen-bond acceptors (Lipinski definition) is 5. The molecule has 1 fully saturated rings. The molecule has 3 rings (SSSR count). The predicted molar refractivity (Wildman–Crippen MR) is 97.8 cm³/mol. The Balaban J connectivity index is 1.66. The second kappa shape index (κ2) is 7.76. The molecule has 1 amide bonds. The number of carbonyl (C=O) groups excluding carboxylic acids is 1. The summed E-state index contributed by atoms with van der Waals surface area (Å²) in [6.07, 6.45) is 1.13. The number of sulfonamides is 1. The van der Waals surface area contributed by atoms with Crippen LogP contribution in [0.1, 0.15) is 12.8 Å². The number of methoxy groups -OCH3 is 1. The molecular weight excluding hydrogens is 356 g/mol. The number of hydrogen-bond donors (Lipinski definition) is 2. The van der Waals surface area contributed by atoms with Gasteiger partial charge < -0.3 is 14.8 Å². The summed E-state index contributed by atoms with van der Waals surface area (Å²) in [5.74, 6) is 0.425. The Kier molecular flexibility index (Phi) is 5.43. The summed E-state index contributed by atoms with van der Waals surface area (Å²) >= 11 is 0. The van der Waals surface area contributed by atoms with Gasteiger partial charge in [0, 0.05) is 18.0 Å². The van der Waals surface area contributed by atoms with Gasteiger partial charge in [-0.25, -0.2) is 8.42 Å². The Morgan fingerprint density at radius 3 is 2.31 bits per heavy atom. The van der Waals surface area contributed by atoms with Crippen LogP contribution >= 0.6 is 0 Å². The summed E-state index contributed by atoms with van der Waals surface area (Å²) in [5.41, 5.74) is 0.954. The lowest BCUT2D eigenvalue weighted by Crippen LogP contribution is -2.26. The van der Waals surface area contributed by atoms with E-state index in [1.807, 2.05) is 0 Å². The van der Waals surface area contributed by atoms with Crippen molar-refractivity contribution >= 4 is 27.3 Å². The van der Waals surface area contributed by atoms with E-state index in [-0.39, 0.29) is 10.8 Å². The van der Waals surface area contributed by atoms with Gasteiger partial charge in [-0.15, -0.1) is 0 Å². The minimum atomic E-state index is -3.72.